The zero-order valence-corrected chi connectivity index (χ0v) is 40.0. The van der Waals surface area contributed by atoms with E-state index in [0.717, 1.165) is 24.3 Å². The van der Waals surface area contributed by atoms with E-state index in [1.165, 1.54) is 56.7 Å². The van der Waals surface area contributed by atoms with Gasteiger partial charge >= 0.3 is 42.3 Å². The molecule has 384 valence electrons. The number of halogens is 6. The molecule has 20 heteroatoms. The van der Waals surface area contributed by atoms with Gasteiger partial charge in [0.05, 0.1) is 65.5 Å². The molecular formula is C53H51F6N4O10+. The first-order valence-electron chi connectivity index (χ1n) is 22.1. The number of alkyl carbamates (subject to hydrolysis) is 1. The van der Waals surface area contributed by atoms with Gasteiger partial charge in [0.15, 0.2) is 0 Å². The average molecular weight is 1020 g/mol. The summed E-state index contributed by atoms with van der Waals surface area (Å²) in [4.78, 5) is 60.2. The fourth-order valence-electron chi connectivity index (χ4n) is 7.23. The molecule has 8 N–H and O–H groups in total. The second kappa shape index (κ2) is 23.7. The number of esters is 2. The van der Waals surface area contributed by atoms with E-state index in [0.29, 0.717) is 45.7 Å². The number of methoxy groups -OCH3 is 2. The number of anilines is 4. The molecular weight excluding hydrogens is 967 g/mol. The van der Waals surface area contributed by atoms with E-state index in [9.17, 15) is 60.5 Å². The third kappa shape index (κ3) is 15.3. The number of aromatic carboxylic acids is 2. The van der Waals surface area contributed by atoms with Crippen LogP contribution in [-0.2, 0) is 52.5 Å². The van der Waals surface area contributed by atoms with Crippen LogP contribution in [0.3, 0.4) is 0 Å². The van der Waals surface area contributed by atoms with Crippen molar-refractivity contribution in [1.29, 1.82) is 0 Å². The van der Waals surface area contributed by atoms with Crippen molar-refractivity contribution in [3.8, 4) is 0 Å². The second-order valence-corrected chi connectivity index (χ2v) is 17.1. The summed E-state index contributed by atoms with van der Waals surface area (Å²) in [7, 11) is 2.42. The van der Waals surface area contributed by atoms with Crippen LogP contribution >= 0.6 is 0 Å². The lowest BCUT2D eigenvalue weighted by molar-refractivity contribution is -0.386. The van der Waals surface area contributed by atoms with E-state index in [-0.39, 0.29) is 58.6 Å². The van der Waals surface area contributed by atoms with E-state index in [4.69, 9.17) is 14.2 Å². The first kappa shape index (κ1) is 55.5. The lowest BCUT2D eigenvalue weighted by atomic mass is 9.95. The third-order valence-corrected chi connectivity index (χ3v) is 10.8. The number of benzene rings is 6. The minimum atomic E-state index is -4.61. The number of amides is 1. The second-order valence-electron chi connectivity index (χ2n) is 17.1. The Balaban J connectivity index is 0.000000279. The first-order valence-corrected chi connectivity index (χ1v) is 22.1. The molecule has 0 aliphatic heterocycles. The molecule has 73 heavy (non-hydrogen) atoms. The van der Waals surface area contributed by atoms with Crippen LogP contribution in [0.15, 0.2) is 121 Å². The summed E-state index contributed by atoms with van der Waals surface area (Å²) in [6, 6.07) is 28.1. The van der Waals surface area contributed by atoms with E-state index < -0.39 is 59.1 Å². The van der Waals surface area contributed by atoms with Crippen molar-refractivity contribution in [2.45, 2.75) is 64.7 Å². The molecule has 0 aliphatic carbocycles. The van der Waals surface area contributed by atoms with Gasteiger partial charge in [0, 0.05) is 36.3 Å². The number of nitrogens with one attached hydrogen (secondary N) is 3. The molecule has 0 spiro atoms. The Kier molecular flexibility index (Phi) is 18.0. The summed E-state index contributed by atoms with van der Waals surface area (Å²) in [5.41, 5.74) is 4.82. The number of hydrogen-bond acceptors (Lipinski definition) is 10. The molecule has 0 radical (unpaired) electrons. The minimum absolute atomic E-state index is 0.0301. The number of carboxylic acid groups (broad SMARTS) is 2. The highest BCUT2D eigenvalue weighted by atomic mass is 19.4. The Morgan fingerprint density at radius 1 is 0.521 bits per heavy atom. The SMILES string of the molecule is COC(=O)c1cc(CNC(=O)OC(C)(C)C)ccc1Cc1cc(C(F)(F)F)ccc1Nc1ccccc1C(=O)OC.[NH3+]Cc1ccc(Nc2cc(C(F)(F)F)ccc2Cc2ccccc2C(=O)O)c(C(=O)O)c1. The smallest absolute Gasteiger partial charge is 0.416 e. The topological polar surface area (TPSA) is 217 Å². The monoisotopic (exact) mass is 1020 g/mol. The average Bonchev–Trinajstić information content (AvgIpc) is 3.33. The molecule has 0 unspecified atom stereocenters. The predicted octanol–water partition coefficient (Wildman–Crippen LogP) is 10.8. The molecule has 0 fully saturated rings. The Labute approximate surface area is 415 Å². The van der Waals surface area contributed by atoms with Gasteiger partial charge in [-0.2, -0.15) is 26.3 Å². The van der Waals surface area contributed by atoms with Crippen LogP contribution in [0, 0.1) is 0 Å². The third-order valence-electron chi connectivity index (χ3n) is 10.8. The van der Waals surface area contributed by atoms with Gasteiger partial charge in [-0.1, -0.05) is 54.6 Å². The number of para-hydroxylation sites is 1. The molecule has 0 aromatic heterocycles. The lowest BCUT2D eigenvalue weighted by Gasteiger charge is -2.20. The molecule has 6 rings (SSSR count). The van der Waals surface area contributed by atoms with E-state index in [2.05, 4.69) is 21.7 Å². The zero-order chi connectivity index (χ0) is 53.8. The maximum atomic E-state index is 13.6. The molecule has 14 nitrogen and oxygen atoms in total. The van der Waals surface area contributed by atoms with Gasteiger partial charge in [-0.15, -0.1) is 0 Å². The predicted molar refractivity (Wildman–Crippen MR) is 257 cm³/mol. The molecule has 6 aromatic rings. The number of carbonyl (C=O) groups excluding carboxylic acids is 3. The van der Waals surface area contributed by atoms with Gasteiger partial charge < -0.3 is 46.1 Å². The van der Waals surface area contributed by atoms with Gasteiger partial charge in [-0.05, 0) is 115 Å². The van der Waals surface area contributed by atoms with E-state index in [1.807, 2.05) is 0 Å². The number of ether oxygens (including phenoxy) is 3. The lowest BCUT2D eigenvalue weighted by Crippen LogP contribution is -2.47. The number of hydrogen-bond donors (Lipinski definition) is 6. The summed E-state index contributed by atoms with van der Waals surface area (Å²) >= 11 is 0. The van der Waals surface area contributed by atoms with Crippen LogP contribution in [0.5, 0.6) is 0 Å². The van der Waals surface area contributed by atoms with Crippen LogP contribution in [0.4, 0.5) is 53.9 Å². The van der Waals surface area contributed by atoms with Gasteiger partial charge in [0.25, 0.3) is 0 Å². The largest absolute Gasteiger partial charge is 0.478 e. The number of quaternary nitrogens is 1. The Bertz CT molecular complexity index is 3010. The van der Waals surface area contributed by atoms with Gasteiger partial charge in [-0.25, -0.2) is 24.0 Å². The summed E-state index contributed by atoms with van der Waals surface area (Å²) in [5.74, 6) is -3.71. The maximum absolute atomic E-state index is 13.6. The highest BCUT2D eigenvalue weighted by molar-refractivity contribution is 5.97. The van der Waals surface area contributed by atoms with Crippen LogP contribution in [-0.4, -0.2) is 60.0 Å². The van der Waals surface area contributed by atoms with Gasteiger partial charge in [0.1, 0.15) is 5.60 Å². The zero-order valence-electron chi connectivity index (χ0n) is 40.0. The molecule has 0 atom stereocenters. The Hall–Kier alpha value is -8.39. The highest BCUT2D eigenvalue weighted by Crippen LogP contribution is 2.37. The van der Waals surface area contributed by atoms with E-state index in [1.54, 1.807) is 75.4 Å². The van der Waals surface area contributed by atoms with E-state index >= 15 is 0 Å². The van der Waals surface area contributed by atoms with Crippen molar-refractivity contribution in [1.82, 2.24) is 5.32 Å². The first-order chi connectivity index (χ1) is 34.3. The number of rotatable bonds is 15. The van der Waals surface area contributed by atoms with Crippen molar-refractivity contribution in [3.63, 3.8) is 0 Å². The normalized spacial score (nSPS) is 11.3. The van der Waals surface area contributed by atoms with Crippen molar-refractivity contribution in [2.24, 2.45) is 0 Å². The van der Waals surface area contributed by atoms with Crippen molar-refractivity contribution in [2.75, 3.05) is 24.9 Å². The van der Waals surface area contributed by atoms with Gasteiger partial charge in [0.2, 0.25) is 0 Å². The fourth-order valence-corrected chi connectivity index (χ4v) is 7.23. The number of alkyl halides is 6. The minimum Gasteiger partial charge on any atom is -0.478 e. The number of carboxylic acids is 2. The van der Waals surface area contributed by atoms with Crippen molar-refractivity contribution in [3.05, 3.63) is 188 Å². The molecule has 1 amide bonds. The van der Waals surface area contributed by atoms with Crippen molar-refractivity contribution < 1.29 is 80.5 Å². The summed E-state index contributed by atoms with van der Waals surface area (Å²) in [6.07, 6.45) is -9.92. The number of carbonyl (C=O) groups is 5. The van der Waals surface area contributed by atoms with Crippen LogP contribution in [0.25, 0.3) is 0 Å². The van der Waals surface area contributed by atoms with Crippen LogP contribution < -0.4 is 21.7 Å². The maximum Gasteiger partial charge on any atom is 0.416 e. The standard InChI is InChI=1S/C30H31F3N2O6.C23H19F3N2O4/c1-29(2,3)41-28(38)34-17-18-10-11-19(23(14-18)27(37)40-5)15-20-16-21(30(31,32)33)12-13-24(20)35-25-9-7-6-8-22(25)26(36)39-4;24-23(25,26)16-7-6-15(10-14-3-1-2-4-17(14)21(29)30)20(11-16)28-19-8-5-13(12-27)9-18(19)22(31)32/h6-14,16,35H,15,17H2,1-5H3,(H,34,38);1-9,11,28H,10,12,27H2,(H,29,30)(H,31,32)/p+1. The summed E-state index contributed by atoms with van der Waals surface area (Å²) < 4.78 is 95.9. The van der Waals surface area contributed by atoms with Gasteiger partial charge in [-0.3, -0.25) is 0 Å². The fraction of sp³-hybridized carbons (Fsp3) is 0.226. The van der Waals surface area contributed by atoms with Crippen LogP contribution in [0.1, 0.15) is 107 Å². The van der Waals surface area contributed by atoms with Crippen LogP contribution in [0.2, 0.25) is 0 Å². The molecule has 0 bridgehead atoms. The van der Waals surface area contributed by atoms with Crippen molar-refractivity contribution >= 4 is 52.7 Å². The molecule has 0 saturated carbocycles. The molecule has 6 aromatic carbocycles. The summed E-state index contributed by atoms with van der Waals surface area (Å²) in [6.45, 7) is 5.56. The summed E-state index contributed by atoms with van der Waals surface area (Å²) in [5, 5.41) is 27.4. The highest BCUT2D eigenvalue weighted by Gasteiger charge is 2.33. The Morgan fingerprint density at radius 2 is 1.01 bits per heavy atom. The Morgan fingerprint density at radius 3 is 1.63 bits per heavy atom. The molecule has 0 heterocycles. The molecule has 0 aliphatic rings. The molecule has 0 saturated heterocycles. The quantitative estimate of drug-likeness (QED) is 0.0322.